The number of nitrogens with zero attached hydrogens (tertiary/aromatic N) is 5. The van der Waals surface area contributed by atoms with E-state index in [9.17, 15) is 48.3 Å². The van der Waals surface area contributed by atoms with Crippen LogP contribution in [-0.4, -0.2) is 228 Å². The van der Waals surface area contributed by atoms with E-state index in [2.05, 4.69) is 27.8 Å². The Labute approximate surface area is 579 Å². The highest BCUT2D eigenvalue weighted by Gasteiger charge is 2.44. The van der Waals surface area contributed by atoms with Gasteiger partial charge in [0.05, 0.1) is 102 Å². The van der Waals surface area contributed by atoms with Crippen LogP contribution >= 0.6 is 0 Å². The first-order chi connectivity index (χ1) is 46.9. The summed E-state index contributed by atoms with van der Waals surface area (Å²) in [5, 5.41) is 18.5. The van der Waals surface area contributed by atoms with Gasteiger partial charge in [-0.2, -0.15) is 0 Å². The predicted octanol–water partition coefficient (Wildman–Crippen LogP) is 5.88. The Morgan fingerprint density at radius 3 is 1.88 bits per heavy atom. The van der Waals surface area contributed by atoms with E-state index in [-0.39, 0.29) is 112 Å². The minimum Gasteiger partial charge on any atom is -0.480 e. The lowest BCUT2D eigenvalue weighted by Gasteiger charge is -2.41. The van der Waals surface area contributed by atoms with Crippen molar-refractivity contribution in [1.29, 1.82) is 0 Å². The maximum atomic E-state index is 14.7. The van der Waals surface area contributed by atoms with Crippen molar-refractivity contribution in [3.05, 3.63) is 101 Å². The van der Waals surface area contributed by atoms with E-state index < -0.39 is 72.0 Å². The molecule has 8 amide bonds. The molecule has 3 aromatic rings. The highest BCUT2D eigenvalue weighted by atomic mass is 16.6. The number of carbonyl (C=O) groups is 9. The molecule has 3 aromatic carbocycles. The summed E-state index contributed by atoms with van der Waals surface area (Å²) in [6.45, 7) is 16.6. The quantitative estimate of drug-likeness (QED) is 0.0380. The van der Waals surface area contributed by atoms with E-state index in [0.29, 0.717) is 78.5 Å². The number of carboxylic acids is 1. The van der Waals surface area contributed by atoms with Crippen molar-refractivity contribution in [2.24, 2.45) is 23.7 Å². The van der Waals surface area contributed by atoms with Gasteiger partial charge in [-0.15, -0.1) is 0 Å². The second-order valence-electron chi connectivity index (χ2n) is 26.0. The van der Waals surface area contributed by atoms with Crippen molar-refractivity contribution < 1.29 is 76.7 Å². The van der Waals surface area contributed by atoms with Crippen molar-refractivity contribution in [3.8, 4) is 11.8 Å². The lowest BCUT2D eigenvalue weighted by molar-refractivity contribution is -0.149. The first-order valence-corrected chi connectivity index (χ1v) is 34.5. The van der Waals surface area contributed by atoms with E-state index in [1.807, 2.05) is 96.1 Å². The number of ether oxygens (including phenoxy) is 6. The fourth-order valence-corrected chi connectivity index (χ4v) is 12.5. The molecule has 0 radical (unpaired) electrons. The van der Waals surface area contributed by atoms with Gasteiger partial charge < -0.3 is 74.0 Å². The van der Waals surface area contributed by atoms with Crippen LogP contribution in [0, 0.1) is 35.5 Å². The van der Waals surface area contributed by atoms with Gasteiger partial charge in [-0.3, -0.25) is 38.4 Å². The SMILES string of the molecule is CC[C@H](C)[C@@H]([C@@H](CC(=O)N1CCCC1[C@H](OC)[C@@H](C)C(=O)N[C@H](Cc1ccccc1)C(=O)O)OC)N(C)C(=O)[C@@H](NC(=O)[C@H](C(C)C)N(C)C(=O)CCCC(=O)N(C)CCOCCOCCOCCOCCC(=O)NCCC(=O)N1Cc2ccccc2C#Cc2ccccc21)C(C)C. The molecule has 24 nitrogen and oxygen atoms in total. The molecular formula is C74H108N8O16. The Morgan fingerprint density at radius 1 is 0.653 bits per heavy atom. The normalized spacial score (nSPS) is 15.9. The smallest absolute Gasteiger partial charge is 0.326 e. The van der Waals surface area contributed by atoms with Crippen LogP contribution < -0.4 is 20.9 Å². The zero-order valence-corrected chi connectivity index (χ0v) is 59.7. The van der Waals surface area contributed by atoms with Gasteiger partial charge in [-0.05, 0) is 66.3 Å². The van der Waals surface area contributed by atoms with Gasteiger partial charge in [-0.25, -0.2) is 4.79 Å². The molecule has 98 heavy (non-hydrogen) atoms. The van der Waals surface area contributed by atoms with Crippen molar-refractivity contribution in [2.45, 2.75) is 162 Å². The number of hydrogen-bond acceptors (Lipinski definition) is 15. The number of methoxy groups -OCH3 is 2. The number of para-hydroxylation sites is 1. The molecular weight excluding hydrogens is 1260 g/mol. The number of nitrogens with one attached hydrogen (secondary N) is 3. The maximum Gasteiger partial charge on any atom is 0.326 e. The molecule has 2 aliphatic rings. The molecule has 9 atom stereocenters. The van der Waals surface area contributed by atoms with E-state index >= 15 is 0 Å². The van der Waals surface area contributed by atoms with Crippen molar-refractivity contribution in [2.75, 3.05) is 113 Å². The Balaban J connectivity index is 0.960. The summed E-state index contributed by atoms with van der Waals surface area (Å²) in [6.07, 6.45) is 0.915. The number of aliphatic carboxylic acids is 1. The van der Waals surface area contributed by atoms with Crippen LogP contribution in [0.1, 0.15) is 129 Å². The van der Waals surface area contributed by atoms with Gasteiger partial charge in [0.15, 0.2) is 0 Å². The number of carbonyl (C=O) groups excluding carboxylic acids is 8. The van der Waals surface area contributed by atoms with Crippen molar-refractivity contribution >= 4 is 58.9 Å². The summed E-state index contributed by atoms with van der Waals surface area (Å²) in [6, 6.07) is 20.1. The molecule has 540 valence electrons. The average molecular weight is 1370 g/mol. The number of carboxylic acid groups (broad SMARTS) is 1. The van der Waals surface area contributed by atoms with Gasteiger partial charge in [0.2, 0.25) is 47.3 Å². The minimum absolute atomic E-state index is 0.00950. The molecule has 0 bridgehead atoms. The molecule has 2 aliphatic heterocycles. The predicted molar refractivity (Wildman–Crippen MR) is 371 cm³/mol. The van der Waals surface area contributed by atoms with Gasteiger partial charge in [0, 0.05) is 98.2 Å². The first kappa shape index (κ1) is 80.9. The number of benzene rings is 3. The van der Waals surface area contributed by atoms with Gasteiger partial charge >= 0.3 is 5.97 Å². The number of fused-ring (bicyclic) bond motifs is 2. The first-order valence-electron chi connectivity index (χ1n) is 34.5. The number of amides is 8. The zero-order valence-electron chi connectivity index (χ0n) is 59.7. The molecule has 1 fully saturated rings. The number of likely N-dealkylation sites (N-methyl/N-ethyl adjacent to an activating group) is 3. The maximum absolute atomic E-state index is 14.7. The van der Waals surface area contributed by atoms with E-state index in [1.165, 1.54) is 19.1 Å². The Bertz CT molecular complexity index is 3120. The van der Waals surface area contributed by atoms with Crippen LogP contribution in [0.25, 0.3) is 0 Å². The topological polar surface area (TPSA) is 282 Å². The number of likely N-dealkylation sites (tertiary alicyclic amines) is 1. The highest BCUT2D eigenvalue weighted by Crippen LogP contribution is 2.31. The molecule has 0 aromatic heterocycles. The minimum atomic E-state index is -1.18. The van der Waals surface area contributed by atoms with Crippen molar-refractivity contribution in [1.82, 2.24) is 35.6 Å². The second-order valence-corrected chi connectivity index (χ2v) is 26.0. The standard InChI is InChI=1S/C74H108N8O16/c1-13-52(6)69(61(93-11)48-66(87)81-37-22-29-60(81)70(94-12)53(7)71(88)76-58(74(91)92)47-54-23-15-14-16-24-54)80(10)73(90)67(50(2)3)77-72(89)68(51(4)5)79(9)64(85)31-21-30-63(84)78(8)38-40-96-42-44-98-46-45-97-43-41-95-39-35-62(83)75-36-34-65(86)82-49-57-27-18-17-25-55(57)32-33-56-26-19-20-28-59(56)82/h14-20,23-28,50-53,58,60-61,67-70H,13,21-22,29-31,34-49H2,1-12H3,(H,75,83)(H,76,88)(H,77,89)(H,91,92)/t52-,53+,58+,60?,61+,67-,68-,69-,70+/m0/s1. The third kappa shape index (κ3) is 24.9. The van der Waals surface area contributed by atoms with E-state index in [4.69, 9.17) is 28.4 Å². The second kappa shape index (κ2) is 42.2. The van der Waals surface area contributed by atoms with Gasteiger partial charge in [0.1, 0.15) is 18.1 Å². The van der Waals surface area contributed by atoms with Crippen LogP contribution in [0.15, 0.2) is 78.9 Å². The fraction of sp³-hybridized carbons (Fsp3) is 0.608. The summed E-state index contributed by atoms with van der Waals surface area (Å²) >= 11 is 0. The third-order valence-electron chi connectivity index (χ3n) is 18.3. The molecule has 1 unspecified atom stereocenters. The third-order valence-corrected chi connectivity index (χ3v) is 18.3. The Hall–Kier alpha value is -7.79. The lowest BCUT2D eigenvalue weighted by Crippen LogP contribution is -2.60. The number of anilines is 1. The average Bonchev–Trinajstić information content (AvgIpc) is 1.39. The van der Waals surface area contributed by atoms with Gasteiger partial charge in [0.25, 0.3) is 0 Å². The van der Waals surface area contributed by atoms with Crippen LogP contribution in [-0.2, 0) is 84.5 Å². The Kier molecular flexibility index (Phi) is 34.9. The lowest BCUT2D eigenvalue weighted by atomic mass is 9.89. The molecule has 24 heteroatoms. The summed E-state index contributed by atoms with van der Waals surface area (Å²) in [5.74, 6) is 1.03. The Morgan fingerprint density at radius 2 is 1.26 bits per heavy atom. The molecule has 0 spiro atoms. The number of rotatable bonds is 43. The summed E-state index contributed by atoms with van der Waals surface area (Å²) in [7, 11) is 7.83. The van der Waals surface area contributed by atoms with Crippen LogP contribution in [0.4, 0.5) is 5.69 Å². The van der Waals surface area contributed by atoms with Crippen LogP contribution in [0.5, 0.6) is 0 Å². The summed E-state index contributed by atoms with van der Waals surface area (Å²) < 4.78 is 34.4. The largest absolute Gasteiger partial charge is 0.480 e. The summed E-state index contributed by atoms with van der Waals surface area (Å²) in [5.41, 5.74) is 4.11. The summed E-state index contributed by atoms with van der Waals surface area (Å²) in [4.78, 5) is 130. The zero-order chi connectivity index (χ0) is 71.8. The van der Waals surface area contributed by atoms with E-state index in [1.54, 1.807) is 71.9 Å². The van der Waals surface area contributed by atoms with Crippen LogP contribution in [0.2, 0.25) is 0 Å². The molecule has 0 aliphatic carbocycles. The fourth-order valence-electron chi connectivity index (χ4n) is 12.5. The molecule has 2 heterocycles. The highest BCUT2D eigenvalue weighted by molar-refractivity contribution is 5.96. The monoisotopic (exact) mass is 1360 g/mol. The van der Waals surface area contributed by atoms with Crippen molar-refractivity contribution in [3.63, 3.8) is 0 Å². The molecule has 5 rings (SSSR count). The van der Waals surface area contributed by atoms with E-state index in [0.717, 1.165) is 27.9 Å². The molecule has 0 saturated carbocycles. The van der Waals surface area contributed by atoms with Gasteiger partial charge in [-0.1, -0.05) is 127 Å². The van der Waals surface area contributed by atoms with Crippen LogP contribution in [0.3, 0.4) is 0 Å². The molecule has 1 saturated heterocycles. The number of hydrogen-bond donors (Lipinski definition) is 4. The molecule has 4 N–H and O–H groups in total.